The van der Waals surface area contributed by atoms with E-state index in [1.165, 1.54) is 10.9 Å². The Balaban J connectivity index is 1.93. The number of nitrogens with zero attached hydrogens (tertiary/aromatic N) is 3. The third kappa shape index (κ3) is 4.59. The number of fused-ring (bicyclic) bond motifs is 1. The lowest BCUT2D eigenvalue weighted by Gasteiger charge is -2.25. The number of H-pyrrole nitrogens is 1. The molecule has 0 radical (unpaired) electrons. The first kappa shape index (κ1) is 23.6. The van der Waals surface area contributed by atoms with Crippen molar-refractivity contribution in [2.45, 2.75) is 66.1 Å². The molecule has 0 bridgehead atoms. The summed E-state index contributed by atoms with van der Waals surface area (Å²) in [7, 11) is 0. The molecule has 3 rings (SSSR count). The number of imidazole rings is 1. The molecule has 12 heteroatoms. The zero-order valence-corrected chi connectivity index (χ0v) is 18.8. The van der Waals surface area contributed by atoms with Gasteiger partial charge in [-0.15, -0.1) is 0 Å². The van der Waals surface area contributed by atoms with Crippen LogP contribution in [-0.2, 0) is 23.8 Å². The van der Waals surface area contributed by atoms with Crippen LogP contribution in [0.15, 0.2) is 11.1 Å². The highest BCUT2D eigenvalue weighted by Crippen LogP contribution is 2.36. The fraction of sp³-hybridized carbons (Fsp3) is 0.650. The van der Waals surface area contributed by atoms with E-state index < -0.39 is 52.9 Å². The largest absolute Gasteiger partial charge is 0.462 e. The number of aromatic nitrogens is 4. The number of hydrogen-bond acceptors (Lipinski definition) is 9. The molecule has 0 amide bonds. The molecule has 0 saturated carbocycles. The molecule has 2 aromatic rings. The zero-order valence-electron chi connectivity index (χ0n) is 18.8. The van der Waals surface area contributed by atoms with E-state index in [1.54, 1.807) is 41.5 Å². The number of nitrogen functional groups attached to an aromatic ring is 1. The van der Waals surface area contributed by atoms with Gasteiger partial charge in [0, 0.05) is 0 Å². The first-order valence-electron chi connectivity index (χ1n) is 10.1. The Bertz CT molecular complexity index is 1080. The Morgan fingerprint density at radius 3 is 2.44 bits per heavy atom. The van der Waals surface area contributed by atoms with Gasteiger partial charge in [-0.1, -0.05) is 0 Å². The second-order valence-electron chi connectivity index (χ2n) is 9.75. The van der Waals surface area contributed by atoms with Crippen LogP contribution in [-0.4, -0.2) is 56.4 Å². The number of nitrogens with two attached hydrogens (primary N) is 1. The zero-order chi connectivity index (χ0) is 24.0. The molecule has 1 aliphatic heterocycles. The van der Waals surface area contributed by atoms with E-state index in [0.29, 0.717) is 0 Å². The van der Waals surface area contributed by atoms with Gasteiger partial charge in [0.1, 0.15) is 12.7 Å². The number of nitrogens with one attached hydrogen (secondary N) is 1. The average Bonchev–Trinajstić information content (AvgIpc) is 3.20. The van der Waals surface area contributed by atoms with Crippen molar-refractivity contribution >= 4 is 29.1 Å². The molecule has 3 N–H and O–H groups in total. The minimum atomic E-state index is -1.86. The standard InChI is InChI=1S/C20H28FN5O6/c1-19(2,3)16(28)30-7-9-12(32-17(29)20(4,5)6)10(21)15(31-9)26-8-23-11-13(26)24-18(22)25-14(11)27/h8-10,12,15H,7H2,1-6H3,(H3,22,24,25,27)/t9-,10-,12-,15-/m1/s1. The van der Waals surface area contributed by atoms with Crippen LogP contribution in [0.3, 0.4) is 0 Å². The maximum absolute atomic E-state index is 15.6. The van der Waals surface area contributed by atoms with Gasteiger partial charge in [-0.05, 0) is 41.5 Å². The van der Waals surface area contributed by atoms with E-state index >= 15 is 4.39 Å². The van der Waals surface area contributed by atoms with Crippen LogP contribution in [0.5, 0.6) is 0 Å². The predicted octanol–water partition coefficient (Wildman–Crippen LogP) is 1.48. The van der Waals surface area contributed by atoms with Crippen LogP contribution in [0.2, 0.25) is 0 Å². The molecule has 0 spiro atoms. The molecule has 32 heavy (non-hydrogen) atoms. The highest BCUT2D eigenvalue weighted by atomic mass is 19.1. The van der Waals surface area contributed by atoms with Crippen LogP contribution >= 0.6 is 0 Å². The summed E-state index contributed by atoms with van der Waals surface area (Å²) < 4.78 is 33.3. The lowest BCUT2D eigenvalue weighted by Crippen LogP contribution is -2.40. The lowest BCUT2D eigenvalue weighted by molar-refractivity contribution is -0.168. The molecule has 1 saturated heterocycles. The topological polar surface area (TPSA) is 151 Å². The first-order valence-corrected chi connectivity index (χ1v) is 10.1. The first-order chi connectivity index (χ1) is 14.7. The molecule has 11 nitrogen and oxygen atoms in total. The number of halogens is 1. The predicted molar refractivity (Wildman–Crippen MR) is 111 cm³/mol. The number of rotatable bonds is 4. The minimum absolute atomic E-state index is 0.00661. The van der Waals surface area contributed by atoms with Gasteiger partial charge in [-0.2, -0.15) is 4.98 Å². The molecular weight excluding hydrogens is 425 g/mol. The van der Waals surface area contributed by atoms with Crippen LogP contribution in [0.1, 0.15) is 47.8 Å². The molecule has 1 fully saturated rings. The quantitative estimate of drug-likeness (QED) is 0.656. The molecule has 176 valence electrons. The third-order valence-corrected chi connectivity index (χ3v) is 4.84. The fourth-order valence-electron chi connectivity index (χ4n) is 3.00. The van der Waals surface area contributed by atoms with Crippen molar-refractivity contribution in [1.29, 1.82) is 0 Å². The second kappa shape index (κ2) is 8.15. The SMILES string of the molecule is CC(C)(C)C(=O)OC[C@H]1O[C@@H](n2cnc3c(=O)[nH]c(N)nc32)[C@H](F)[C@@H]1OC(=O)C(C)(C)C. The van der Waals surface area contributed by atoms with Crippen LogP contribution in [0.4, 0.5) is 10.3 Å². The maximum Gasteiger partial charge on any atom is 0.311 e. The monoisotopic (exact) mass is 453 g/mol. The van der Waals surface area contributed by atoms with Crippen molar-refractivity contribution in [1.82, 2.24) is 19.5 Å². The van der Waals surface area contributed by atoms with E-state index in [0.717, 1.165) is 0 Å². The summed E-state index contributed by atoms with van der Waals surface area (Å²) in [5.41, 5.74) is 3.29. The number of hydrogen-bond donors (Lipinski definition) is 2. The van der Waals surface area contributed by atoms with Crippen LogP contribution in [0, 0.1) is 10.8 Å². The van der Waals surface area contributed by atoms with Gasteiger partial charge < -0.3 is 19.9 Å². The maximum atomic E-state index is 15.6. The molecular formula is C20H28FN5O6. The average molecular weight is 453 g/mol. The molecule has 0 unspecified atom stereocenters. The highest BCUT2D eigenvalue weighted by Gasteiger charge is 2.50. The number of ether oxygens (including phenoxy) is 3. The highest BCUT2D eigenvalue weighted by molar-refractivity contribution is 5.76. The van der Waals surface area contributed by atoms with Crippen molar-refractivity contribution in [2.75, 3.05) is 12.3 Å². The molecule has 0 aromatic carbocycles. The summed E-state index contributed by atoms with van der Waals surface area (Å²) in [6.45, 7) is 9.58. The van der Waals surface area contributed by atoms with Gasteiger partial charge in [0.05, 0.1) is 17.2 Å². The summed E-state index contributed by atoms with van der Waals surface area (Å²) in [5.74, 6) is -1.34. The van der Waals surface area contributed by atoms with E-state index in [9.17, 15) is 14.4 Å². The van der Waals surface area contributed by atoms with Crippen molar-refractivity contribution in [3.8, 4) is 0 Å². The normalized spacial score (nSPS) is 24.0. The van der Waals surface area contributed by atoms with Crippen molar-refractivity contribution in [3.05, 3.63) is 16.7 Å². The van der Waals surface area contributed by atoms with Crippen molar-refractivity contribution in [2.24, 2.45) is 10.8 Å². The Morgan fingerprint density at radius 1 is 1.22 bits per heavy atom. The number of carbonyl (C=O) groups excluding carboxylic acids is 2. The van der Waals surface area contributed by atoms with Crippen molar-refractivity contribution in [3.63, 3.8) is 0 Å². The Labute approximate surface area is 183 Å². The van der Waals surface area contributed by atoms with E-state index in [-0.39, 0.29) is 23.7 Å². The minimum Gasteiger partial charge on any atom is -0.462 e. The van der Waals surface area contributed by atoms with Crippen molar-refractivity contribution < 1.29 is 28.2 Å². The molecule has 4 atom stereocenters. The number of anilines is 1. The Kier molecular flexibility index (Phi) is 6.02. The van der Waals surface area contributed by atoms with Crippen LogP contribution in [0.25, 0.3) is 11.2 Å². The number of esters is 2. The summed E-state index contributed by atoms with van der Waals surface area (Å²) in [5, 5.41) is 0. The smallest absolute Gasteiger partial charge is 0.311 e. The van der Waals surface area contributed by atoms with Gasteiger partial charge in [0.25, 0.3) is 5.56 Å². The van der Waals surface area contributed by atoms with Gasteiger partial charge in [0.2, 0.25) is 5.95 Å². The third-order valence-electron chi connectivity index (χ3n) is 4.84. The summed E-state index contributed by atoms with van der Waals surface area (Å²) >= 11 is 0. The Hall–Kier alpha value is -3.02. The Morgan fingerprint density at radius 2 is 1.84 bits per heavy atom. The fourth-order valence-corrected chi connectivity index (χ4v) is 3.00. The number of alkyl halides is 1. The van der Waals surface area contributed by atoms with E-state index in [4.69, 9.17) is 19.9 Å². The molecule has 0 aliphatic carbocycles. The van der Waals surface area contributed by atoms with E-state index in [1.807, 2.05) is 0 Å². The molecule has 2 aromatic heterocycles. The lowest BCUT2D eigenvalue weighted by atomic mass is 9.97. The number of carbonyl (C=O) groups is 2. The van der Waals surface area contributed by atoms with Gasteiger partial charge in [0.15, 0.2) is 29.7 Å². The van der Waals surface area contributed by atoms with Crippen LogP contribution < -0.4 is 11.3 Å². The van der Waals surface area contributed by atoms with Gasteiger partial charge >= 0.3 is 11.9 Å². The van der Waals surface area contributed by atoms with E-state index in [2.05, 4.69) is 15.0 Å². The summed E-state index contributed by atoms with van der Waals surface area (Å²) in [6.07, 6.45) is -4.47. The summed E-state index contributed by atoms with van der Waals surface area (Å²) in [6, 6.07) is 0. The number of aromatic amines is 1. The molecule has 3 heterocycles. The van der Waals surface area contributed by atoms with Gasteiger partial charge in [-0.3, -0.25) is 23.9 Å². The van der Waals surface area contributed by atoms with Gasteiger partial charge in [-0.25, -0.2) is 9.37 Å². The summed E-state index contributed by atoms with van der Waals surface area (Å²) in [4.78, 5) is 47.0. The molecule has 1 aliphatic rings. The second-order valence-corrected chi connectivity index (χ2v) is 9.75.